The summed E-state index contributed by atoms with van der Waals surface area (Å²) in [5, 5.41) is 0. The molecule has 0 saturated heterocycles. The van der Waals surface area contributed by atoms with Gasteiger partial charge in [0.15, 0.2) is 0 Å². The Labute approximate surface area is 114 Å². The zero-order valence-electron chi connectivity index (χ0n) is 11.6. The van der Waals surface area contributed by atoms with Gasteiger partial charge >= 0.3 is 0 Å². The average Bonchev–Trinajstić information content (AvgIpc) is 2.41. The number of likely N-dealkylation sites (N-methyl/N-ethyl adjacent to an activating group) is 1. The summed E-state index contributed by atoms with van der Waals surface area (Å²) in [5.74, 6) is 0.109. The molecule has 1 aliphatic rings. The SMILES string of the molecule is CC1=CCN(CC(=O)N(C)c2ccc(N)cc2)CC1. The van der Waals surface area contributed by atoms with Crippen molar-refractivity contribution >= 4 is 17.3 Å². The Morgan fingerprint density at radius 2 is 2.05 bits per heavy atom. The number of anilines is 2. The van der Waals surface area contributed by atoms with E-state index in [1.807, 2.05) is 24.3 Å². The highest BCUT2D eigenvalue weighted by atomic mass is 16.2. The number of amides is 1. The first-order valence-electron chi connectivity index (χ1n) is 6.56. The van der Waals surface area contributed by atoms with Gasteiger partial charge < -0.3 is 10.6 Å². The number of benzene rings is 1. The number of hydrogen-bond donors (Lipinski definition) is 1. The predicted octanol–water partition coefficient (Wildman–Crippen LogP) is 1.88. The summed E-state index contributed by atoms with van der Waals surface area (Å²) in [6, 6.07) is 7.36. The fourth-order valence-corrected chi connectivity index (χ4v) is 2.10. The predicted molar refractivity (Wildman–Crippen MR) is 79.1 cm³/mol. The smallest absolute Gasteiger partial charge is 0.240 e. The van der Waals surface area contributed by atoms with Crippen molar-refractivity contribution in [3.8, 4) is 0 Å². The molecule has 0 aliphatic carbocycles. The molecule has 4 nitrogen and oxygen atoms in total. The van der Waals surface area contributed by atoms with Gasteiger partial charge in [-0.1, -0.05) is 11.6 Å². The van der Waals surface area contributed by atoms with Crippen LogP contribution in [0.25, 0.3) is 0 Å². The lowest BCUT2D eigenvalue weighted by Gasteiger charge is -2.27. The molecule has 0 saturated carbocycles. The molecule has 19 heavy (non-hydrogen) atoms. The average molecular weight is 259 g/mol. The quantitative estimate of drug-likeness (QED) is 0.666. The van der Waals surface area contributed by atoms with Crippen molar-refractivity contribution in [1.82, 2.24) is 4.90 Å². The lowest BCUT2D eigenvalue weighted by Crippen LogP contribution is -2.40. The first-order chi connectivity index (χ1) is 9.06. The number of nitrogen functional groups attached to an aromatic ring is 1. The van der Waals surface area contributed by atoms with Crippen molar-refractivity contribution < 1.29 is 4.79 Å². The summed E-state index contributed by atoms with van der Waals surface area (Å²) < 4.78 is 0. The minimum atomic E-state index is 0.109. The molecule has 1 aliphatic heterocycles. The Balaban J connectivity index is 1.94. The standard InChI is InChI=1S/C15H21N3O/c1-12-7-9-18(10-8-12)11-15(19)17(2)14-5-3-13(16)4-6-14/h3-7H,8-11,16H2,1-2H3. The van der Waals surface area contributed by atoms with Crippen molar-refractivity contribution in [2.24, 2.45) is 0 Å². The maximum atomic E-state index is 12.2. The number of nitrogens with two attached hydrogens (primary N) is 1. The van der Waals surface area contributed by atoms with E-state index in [9.17, 15) is 4.79 Å². The number of carbonyl (C=O) groups is 1. The Bertz CT molecular complexity index is 479. The highest BCUT2D eigenvalue weighted by Crippen LogP contribution is 2.16. The normalized spacial score (nSPS) is 16.0. The van der Waals surface area contributed by atoms with Crippen molar-refractivity contribution in [1.29, 1.82) is 0 Å². The van der Waals surface area contributed by atoms with E-state index in [1.54, 1.807) is 11.9 Å². The highest BCUT2D eigenvalue weighted by molar-refractivity contribution is 5.94. The molecule has 0 bridgehead atoms. The van der Waals surface area contributed by atoms with Gasteiger partial charge in [-0.05, 0) is 37.6 Å². The summed E-state index contributed by atoms with van der Waals surface area (Å²) in [6.07, 6.45) is 3.25. The number of hydrogen-bond acceptors (Lipinski definition) is 3. The number of nitrogens with zero attached hydrogens (tertiary/aromatic N) is 2. The van der Waals surface area contributed by atoms with Crippen LogP contribution in [0.3, 0.4) is 0 Å². The lowest BCUT2D eigenvalue weighted by molar-refractivity contribution is -0.119. The van der Waals surface area contributed by atoms with E-state index in [4.69, 9.17) is 5.73 Å². The maximum Gasteiger partial charge on any atom is 0.240 e. The van der Waals surface area contributed by atoms with Crippen LogP contribution in [0.15, 0.2) is 35.9 Å². The molecule has 102 valence electrons. The van der Waals surface area contributed by atoms with Crippen LogP contribution in [0.5, 0.6) is 0 Å². The fourth-order valence-electron chi connectivity index (χ4n) is 2.10. The van der Waals surface area contributed by atoms with Gasteiger partial charge in [-0.2, -0.15) is 0 Å². The van der Waals surface area contributed by atoms with Crippen LogP contribution >= 0.6 is 0 Å². The summed E-state index contributed by atoms with van der Waals surface area (Å²) in [6.45, 7) is 4.43. The molecule has 1 aromatic rings. The minimum absolute atomic E-state index is 0.109. The third-order valence-electron chi connectivity index (χ3n) is 3.53. The molecule has 0 spiro atoms. The Kier molecular flexibility index (Phi) is 4.22. The molecule has 0 aromatic heterocycles. The van der Waals surface area contributed by atoms with Crippen LogP contribution in [0.2, 0.25) is 0 Å². The van der Waals surface area contributed by atoms with Crippen LogP contribution in [-0.4, -0.2) is 37.5 Å². The monoisotopic (exact) mass is 259 g/mol. The van der Waals surface area contributed by atoms with Gasteiger partial charge in [-0.25, -0.2) is 0 Å². The first kappa shape index (κ1) is 13.6. The van der Waals surface area contributed by atoms with Crippen molar-refractivity contribution in [2.45, 2.75) is 13.3 Å². The number of rotatable bonds is 3. The molecule has 1 amide bonds. The van der Waals surface area contributed by atoms with E-state index < -0.39 is 0 Å². The van der Waals surface area contributed by atoms with Gasteiger partial charge in [0.1, 0.15) is 0 Å². The van der Waals surface area contributed by atoms with E-state index >= 15 is 0 Å². The highest BCUT2D eigenvalue weighted by Gasteiger charge is 2.16. The molecule has 0 fully saturated rings. The summed E-state index contributed by atoms with van der Waals surface area (Å²) >= 11 is 0. The summed E-state index contributed by atoms with van der Waals surface area (Å²) in [5.41, 5.74) is 8.65. The third-order valence-corrected chi connectivity index (χ3v) is 3.53. The lowest BCUT2D eigenvalue weighted by atomic mass is 10.1. The Hall–Kier alpha value is -1.81. The molecule has 2 N–H and O–H groups in total. The van der Waals surface area contributed by atoms with E-state index in [0.29, 0.717) is 12.2 Å². The van der Waals surface area contributed by atoms with Crippen molar-refractivity contribution in [3.05, 3.63) is 35.9 Å². The van der Waals surface area contributed by atoms with Crippen LogP contribution in [-0.2, 0) is 4.79 Å². The second kappa shape index (κ2) is 5.89. The molecule has 0 unspecified atom stereocenters. The first-order valence-corrected chi connectivity index (χ1v) is 6.56. The minimum Gasteiger partial charge on any atom is -0.399 e. The summed E-state index contributed by atoms with van der Waals surface area (Å²) in [7, 11) is 1.80. The van der Waals surface area contributed by atoms with E-state index in [-0.39, 0.29) is 5.91 Å². The van der Waals surface area contributed by atoms with E-state index in [0.717, 1.165) is 25.2 Å². The molecule has 0 radical (unpaired) electrons. The van der Waals surface area contributed by atoms with Gasteiger partial charge in [0, 0.05) is 31.5 Å². The molecular weight excluding hydrogens is 238 g/mol. The van der Waals surface area contributed by atoms with Crippen molar-refractivity contribution in [3.63, 3.8) is 0 Å². The maximum absolute atomic E-state index is 12.2. The number of carbonyl (C=O) groups excluding carboxylic acids is 1. The zero-order valence-corrected chi connectivity index (χ0v) is 11.6. The molecule has 4 heteroatoms. The van der Waals surface area contributed by atoms with Crippen LogP contribution < -0.4 is 10.6 Å². The zero-order chi connectivity index (χ0) is 13.8. The topological polar surface area (TPSA) is 49.6 Å². The fraction of sp³-hybridized carbons (Fsp3) is 0.400. The van der Waals surface area contributed by atoms with Gasteiger partial charge in [0.2, 0.25) is 5.91 Å². The van der Waals surface area contributed by atoms with Gasteiger partial charge in [-0.15, -0.1) is 0 Å². The van der Waals surface area contributed by atoms with Gasteiger partial charge in [0.25, 0.3) is 0 Å². The second-order valence-corrected chi connectivity index (χ2v) is 5.08. The Morgan fingerprint density at radius 1 is 1.37 bits per heavy atom. The Morgan fingerprint density at radius 3 is 2.63 bits per heavy atom. The molecular formula is C15H21N3O. The van der Waals surface area contributed by atoms with Gasteiger partial charge in [-0.3, -0.25) is 9.69 Å². The van der Waals surface area contributed by atoms with Crippen LogP contribution in [0, 0.1) is 0 Å². The third kappa shape index (κ3) is 3.58. The largest absolute Gasteiger partial charge is 0.399 e. The van der Waals surface area contributed by atoms with Gasteiger partial charge in [0.05, 0.1) is 6.54 Å². The van der Waals surface area contributed by atoms with Crippen LogP contribution in [0.1, 0.15) is 13.3 Å². The van der Waals surface area contributed by atoms with E-state index in [1.165, 1.54) is 5.57 Å². The van der Waals surface area contributed by atoms with E-state index in [2.05, 4.69) is 17.9 Å². The summed E-state index contributed by atoms with van der Waals surface area (Å²) in [4.78, 5) is 16.1. The molecule has 0 atom stereocenters. The second-order valence-electron chi connectivity index (χ2n) is 5.08. The van der Waals surface area contributed by atoms with Crippen molar-refractivity contribution in [2.75, 3.05) is 37.3 Å². The molecule has 1 heterocycles. The van der Waals surface area contributed by atoms with Crippen LogP contribution in [0.4, 0.5) is 11.4 Å². The molecule has 2 rings (SSSR count). The molecule has 1 aromatic carbocycles.